The van der Waals surface area contributed by atoms with Crippen molar-refractivity contribution in [2.75, 3.05) is 26.7 Å². The summed E-state index contributed by atoms with van der Waals surface area (Å²) in [5.74, 6) is 0.620. The first-order valence-electron chi connectivity index (χ1n) is 9.82. The summed E-state index contributed by atoms with van der Waals surface area (Å²) in [6, 6.07) is 9.75. The summed E-state index contributed by atoms with van der Waals surface area (Å²) in [6.07, 6.45) is 1.70. The first-order valence-corrected chi connectivity index (χ1v) is 9.82. The number of rotatable bonds is 1. The molecule has 28 heavy (non-hydrogen) atoms. The van der Waals surface area contributed by atoms with Crippen molar-refractivity contribution in [3.63, 3.8) is 0 Å². The minimum absolute atomic E-state index is 0.225. The standard InChI is InChI=1S/C22H27N3O3/c1-15-12-16(2)23-20(26)19(15)21(27)25-13-17-6-4-5-7-18(17)28-22(14-25)8-10-24(3)11-9-22/h4-7,12H,8-11,13-14H2,1-3H3,(H,23,26). The molecule has 148 valence electrons. The van der Waals surface area contributed by atoms with Gasteiger partial charge in [0.15, 0.2) is 0 Å². The zero-order valence-corrected chi connectivity index (χ0v) is 16.7. The third-order valence-electron chi connectivity index (χ3n) is 5.90. The molecule has 1 saturated heterocycles. The fourth-order valence-corrected chi connectivity index (χ4v) is 4.32. The fraction of sp³-hybridized carbons (Fsp3) is 0.455. The maximum atomic E-state index is 13.4. The molecule has 1 N–H and O–H groups in total. The summed E-state index contributed by atoms with van der Waals surface area (Å²) in [7, 11) is 2.11. The summed E-state index contributed by atoms with van der Waals surface area (Å²) in [6.45, 7) is 6.43. The van der Waals surface area contributed by atoms with Crippen LogP contribution in [0.3, 0.4) is 0 Å². The molecular formula is C22H27N3O3. The fourth-order valence-electron chi connectivity index (χ4n) is 4.32. The van der Waals surface area contributed by atoms with Gasteiger partial charge in [0.25, 0.3) is 11.5 Å². The van der Waals surface area contributed by atoms with Crippen molar-refractivity contribution in [3.8, 4) is 5.75 Å². The van der Waals surface area contributed by atoms with Crippen molar-refractivity contribution in [2.45, 2.75) is 38.8 Å². The maximum absolute atomic E-state index is 13.4. The van der Waals surface area contributed by atoms with Crippen LogP contribution in [0, 0.1) is 13.8 Å². The number of aryl methyl sites for hydroxylation is 2. The van der Waals surface area contributed by atoms with E-state index in [1.165, 1.54) is 0 Å². The lowest BCUT2D eigenvalue weighted by molar-refractivity contribution is -0.0103. The van der Waals surface area contributed by atoms with Gasteiger partial charge in [-0.2, -0.15) is 0 Å². The SMILES string of the molecule is Cc1cc(C)c(C(=O)N2Cc3ccccc3OC3(CCN(C)CC3)C2)c(=O)[nH]1. The van der Waals surface area contributed by atoms with Crippen molar-refractivity contribution >= 4 is 5.91 Å². The van der Waals surface area contributed by atoms with Gasteiger partial charge in [-0.1, -0.05) is 18.2 Å². The van der Waals surface area contributed by atoms with Crippen molar-refractivity contribution in [1.29, 1.82) is 0 Å². The number of hydrogen-bond donors (Lipinski definition) is 1. The Bertz CT molecular complexity index is 958. The minimum Gasteiger partial charge on any atom is -0.485 e. The van der Waals surface area contributed by atoms with Crippen LogP contribution in [0.25, 0.3) is 0 Å². The number of carbonyl (C=O) groups is 1. The third-order valence-corrected chi connectivity index (χ3v) is 5.90. The molecule has 0 unspecified atom stereocenters. The molecule has 1 fully saturated rings. The second kappa shape index (κ2) is 7.09. The number of likely N-dealkylation sites (tertiary alicyclic amines) is 1. The van der Waals surface area contributed by atoms with Crippen LogP contribution in [-0.4, -0.2) is 53.0 Å². The van der Waals surface area contributed by atoms with Gasteiger partial charge in [-0.15, -0.1) is 0 Å². The number of H-pyrrole nitrogens is 1. The number of amides is 1. The summed E-state index contributed by atoms with van der Waals surface area (Å²) < 4.78 is 6.52. The molecule has 0 aliphatic carbocycles. The molecule has 4 rings (SSSR count). The Balaban J connectivity index is 1.74. The summed E-state index contributed by atoms with van der Waals surface area (Å²) in [5.41, 5.74) is 1.94. The number of fused-ring (bicyclic) bond motifs is 1. The largest absolute Gasteiger partial charge is 0.485 e. The molecule has 2 aliphatic heterocycles. The quantitative estimate of drug-likeness (QED) is 0.824. The van der Waals surface area contributed by atoms with Crippen LogP contribution in [0.5, 0.6) is 5.75 Å². The lowest BCUT2D eigenvalue weighted by atomic mass is 9.90. The lowest BCUT2D eigenvalue weighted by Gasteiger charge is -2.41. The molecule has 0 atom stereocenters. The highest BCUT2D eigenvalue weighted by Crippen LogP contribution is 2.35. The van der Waals surface area contributed by atoms with E-state index in [1.807, 2.05) is 44.2 Å². The van der Waals surface area contributed by atoms with E-state index in [1.54, 1.807) is 4.90 Å². The van der Waals surface area contributed by atoms with Crippen molar-refractivity contribution in [2.24, 2.45) is 0 Å². The van der Waals surface area contributed by atoms with E-state index in [0.717, 1.165) is 42.9 Å². The second-order valence-corrected chi connectivity index (χ2v) is 8.20. The molecule has 1 aromatic heterocycles. The van der Waals surface area contributed by atoms with E-state index in [2.05, 4.69) is 16.9 Å². The van der Waals surface area contributed by atoms with Gasteiger partial charge in [-0.05, 0) is 38.6 Å². The molecule has 0 saturated carbocycles. The third kappa shape index (κ3) is 3.44. The predicted molar refractivity (Wildman–Crippen MR) is 108 cm³/mol. The number of aromatic amines is 1. The number of benzene rings is 1. The first kappa shape index (κ1) is 18.7. The van der Waals surface area contributed by atoms with Gasteiger partial charge in [0.1, 0.15) is 16.9 Å². The minimum atomic E-state index is -0.417. The molecule has 1 amide bonds. The number of aromatic nitrogens is 1. The van der Waals surface area contributed by atoms with E-state index in [9.17, 15) is 9.59 Å². The number of piperidine rings is 1. The number of nitrogens with zero attached hydrogens (tertiary/aromatic N) is 2. The summed E-state index contributed by atoms with van der Waals surface area (Å²) in [4.78, 5) is 32.8. The normalized spacial score (nSPS) is 19.0. The van der Waals surface area contributed by atoms with Gasteiger partial charge in [-0.3, -0.25) is 9.59 Å². The highest BCUT2D eigenvalue weighted by Gasteiger charge is 2.41. The van der Waals surface area contributed by atoms with Crippen LogP contribution >= 0.6 is 0 Å². The molecule has 0 radical (unpaired) electrons. The number of nitrogens with one attached hydrogen (secondary N) is 1. The van der Waals surface area contributed by atoms with Gasteiger partial charge in [-0.25, -0.2) is 0 Å². The molecule has 6 heteroatoms. The monoisotopic (exact) mass is 381 g/mol. The second-order valence-electron chi connectivity index (χ2n) is 8.20. The number of pyridine rings is 1. The Labute approximate surface area is 165 Å². The average molecular weight is 381 g/mol. The molecule has 0 bridgehead atoms. The van der Waals surface area contributed by atoms with Gasteiger partial charge in [0.05, 0.1) is 6.54 Å². The van der Waals surface area contributed by atoms with Crippen molar-refractivity contribution in [3.05, 3.63) is 63.1 Å². The molecule has 1 aromatic carbocycles. The summed E-state index contributed by atoms with van der Waals surface area (Å²) >= 11 is 0. The van der Waals surface area contributed by atoms with E-state index >= 15 is 0 Å². The zero-order chi connectivity index (χ0) is 19.9. The van der Waals surface area contributed by atoms with Gasteiger partial charge >= 0.3 is 0 Å². The highest BCUT2D eigenvalue weighted by molar-refractivity contribution is 5.95. The van der Waals surface area contributed by atoms with Gasteiger partial charge < -0.3 is 19.5 Å². The zero-order valence-electron chi connectivity index (χ0n) is 16.7. The smallest absolute Gasteiger partial charge is 0.261 e. The number of ether oxygens (including phenoxy) is 1. The van der Waals surface area contributed by atoms with Crippen LogP contribution in [-0.2, 0) is 6.54 Å². The van der Waals surface area contributed by atoms with Gasteiger partial charge in [0.2, 0.25) is 0 Å². The van der Waals surface area contributed by atoms with Crippen LogP contribution in [0.15, 0.2) is 35.1 Å². The Morgan fingerprint density at radius 2 is 1.89 bits per heavy atom. The first-order chi connectivity index (χ1) is 13.4. The van der Waals surface area contributed by atoms with Crippen LogP contribution < -0.4 is 10.3 Å². The van der Waals surface area contributed by atoms with E-state index in [-0.39, 0.29) is 17.0 Å². The maximum Gasteiger partial charge on any atom is 0.261 e. The van der Waals surface area contributed by atoms with Crippen LogP contribution in [0.1, 0.15) is 40.0 Å². The van der Waals surface area contributed by atoms with E-state index in [4.69, 9.17) is 4.74 Å². The van der Waals surface area contributed by atoms with Crippen molar-refractivity contribution in [1.82, 2.24) is 14.8 Å². The molecule has 3 heterocycles. The van der Waals surface area contributed by atoms with E-state index < -0.39 is 5.60 Å². The molecular weight excluding hydrogens is 354 g/mol. The van der Waals surface area contributed by atoms with Crippen LogP contribution in [0.4, 0.5) is 0 Å². The number of carbonyl (C=O) groups excluding carboxylic acids is 1. The Kier molecular flexibility index (Phi) is 4.75. The predicted octanol–water partition coefficient (Wildman–Crippen LogP) is 2.49. The molecule has 1 spiro atoms. The molecule has 2 aromatic rings. The topological polar surface area (TPSA) is 65.6 Å². The number of para-hydroxylation sites is 1. The van der Waals surface area contributed by atoms with Crippen molar-refractivity contribution < 1.29 is 9.53 Å². The Morgan fingerprint density at radius 1 is 1.18 bits per heavy atom. The average Bonchev–Trinajstić information content (AvgIpc) is 2.80. The Hall–Kier alpha value is -2.60. The number of hydrogen-bond acceptors (Lipinski definition) is 4. The lowest BCUT2D eigenvalue weighted by Crippen LogP contribution is -2.54. The highest BCUT2D eigenvalue weighted by atomic mass is 16.5. The molecule has 2 aliphatic rings. The Morgan fingerprint density at radius 3 is 2.61 bits per heavy atom. The molecule has 6 nitrogen and oxygen atoms in total. The van der Waals surface area contributed by atoms with Crippen LogP contribution in [0.2, 0.25) is 0 Å². The van der Waals surface area contributed by atoms with E-state index in [0.29, 0.717) is 18.7 Å². The van der Waals surface area contributed by atoms with Gasteiger partial charge in [0, 0.05) is 43.7 Å². The summed E-state index contributed by atoms with van der Waals surface area (Å²) in [5, 5.41) is 0.